The predicted octanol–water partition coefficient (Wildman–Crippen LogP) is 8.98. The SMILES string of the molecule is CC(C)CCC[C@@H](C)[C@H]1CCC2C3CCC4CC(OC(=O)OCCCOP(=O)(O)OCC[N+](C)(C)C)=CC[C@]4(C)C3CC[C@@]21C. The second kappa shape index (κ2) is 15.1. The van der Waals surface area contributed by atoms with Gasteiger partial charge in [0.15, 0.2) is 0 Å². The van der Waals surface area contributed by atoms with E-state index < -0.39 is 14.0 Å². The molecule has 0 heterocycles. The molecule has 8 nitrogen and oxygen atoms in total. The van der Waals surface area contributed by atoms with E-state index >= 15 is 0 Å². The minimum absolute atomic E-state index is 0.0467. The van der Waals surface area contributed by atoms with Gasteiger partial charge in [0.1, 0.15) is 18.9 Å². The highest BCUT2D eigenvalue weighted by atomic mass is 31.2. The molecule has 3 fully saturated rings. The number of nitrogens with zero attached hydrogens (tertiary/aromatic N) is 1. The Bertz CT molecular complexity index is 1070. The molecular formula is C36H65NO7P+. The van der Waals surface area contributed by atoms with Crippen LogP contribution in [0.2, 0.25) is 0 Å². The molecule has 0 aliphatic heterocycles. The molecule has 4 rings (SSSR count). The third-order valence-corrected chi connectivity index (χ3v) is 13.5. The summed E-state index contributed by atoms with van der Waals surface area (Å²) in [6.45, 7) is 13.1. The van der Waals surface area contributed by atoms with Gasteiger partial charge in [-0.3, -0.25) is 9.05 Å². The molecule has 45 heavy (non-hydrogen) atoms. The molecule has 0 amide bonds. The summed E-state index contributed by atoms with van der Waals surface area (Å²) in [5.74, 6) is 6.24. The van der Waals surface area contributed by atoms with Crippen LogP contribution in [0, 0.1) is 52.3 Å². The van der Waals surface area contributed by atoms with E-state index in [-0.39, 0.29) is 31.7 Å². The van der Waals surface area contributed by atoms with Crippen LogP contribution >= 0.6 is 7.82 Å². The molecule has 260 valence electrons. The van der Waals surface area contributed by atoms with Gasteiger partial charge in [-0.15, -0.1) is 0 Å². The van der Waals surface area contributed by atoms with Crippen molar-refractivity contribution in [2.45, 2.75) is 112 Å². The van der Waals surface area contributed by atoms with E-state index in [4.69, 9.17) is 18.5 Å². The Morgan fingerprint density at radius 2 is 1.67 bits per heavy atom. The highest BCUT2D eigenvalue weighted by Gasteiger charge is 2.60. The zero-order valence-electron chi connectivity index (χ0n) is 29.7. The van der Waals surface area contributed by atoms with Crippen LogP contribution in [0.5, 0.6) is 0 Å². The smallest absolute Gasteiger partial charge is 0.434 e. The molecule has 0 spiro atoms. The first-order valence-corrected chi connectivity index (χ1v) is 19.5. The summed E-state index contributed by atoms with van der Waals surface area (Å²) in [4.78, 5) is 22.3. The standard InChI is InChI=1S/C36H64NO7P/c1-26(2)11-9-12-27(3)31-15-16-32-30-14-13-28-25-29(17-19-35(28,4)33(30)18-20-36(31,32)5)44-34(38)41-22-10-23-42-45(39,40)43-24-21-37(6,7)8/h17,26-28,30-33H,9-16,18-25H2,1-8H3/p+1/t27-,28?,30?,31-,32?,33?,35+,36-/m1/s1. The first-order chi connectivity index (χ1) is 21.0. The molecule has 0 bridgehead atoms. The lowest BCUT2D eigenvalue weighted by Gasteiger charge is -2.60. The number of quaternary nitrogens is 1. The summed E-state index contributed by atoms with van der Waals surface area (Å²) in [5, 5.41) is 0. The van der Waals surface area contributed by atoms with Crippen LogP contribution in [0.3, 0.4) is 0 Å². The number of allylic oxidation sites excluding steroid dienone is 2. The van der Waals surface area contributed by atoms with Gasteiger partial charge in [0, 0.05) is 12.8 Å². The normalized spacial score (nSPS) is 35.1. The van der Waals surface area contributed by atoms with Crippen molar-refractivity contribution in [3.63, 3.8) is 0 Å². The number of hydrogen-bond acceptors (Lipinski definition) is 6. The maximum Gasteiger partial charge on any atom is 0.513 e. The molecule has 9 heteroatoms. The van der Waals surface area contributed by atoms with E-state index in [0.29, 0.717) is 22.4 Å². The number of ether oxygens (including phenoxy) is 2. The van der Waals surface area contributed by atoms with Crippen molar-refractivity contribution in [1.29, 1.82) is 0 Å². The topological polar surface area (TPSA) is 91.3 Å². The molecule has 0 saturated heterocycles. The first-order valence-electron chi connectivity index (χ1n) is 18.0. The van der Waals surface area contributed by atoms with Crippen LogP contribution in [-0.2, 0) is 23.1 Å². The Labute approximate surface area is 274 Å². The van der Waals surface area contributed by atoms with Crippen LogP contribution in [0.25, 0.3) is 0 Å². The monoisotopic (exact) mass is 654 g/mol. The van der Waals surface area contributed by atoms with Crippen molar-refractivity contribution < 1.29 is 37.3 Å². The van der Waals surface area contributed by atoms with Crippen LogP contribution in [0.15, 0.2) is 11.8 Å². The molecular weight excluding hydrogens is 589 g/mol. The largest absolute Gasteiger partial charge is 0.513 e. The molecule has 0 aromatic heterocycles. The van der Waals surface area contributed by atoms with Gasteiger partial charge < -0.3 is 18.9 Å². The van der Waals surface area contributed by atoms with Crippen LogP contribution in [0.4, 0.5) is 4.79 Å². The molecule has 4 aliphatic carbocycles. The number of likely N-dealkylation sites (N-methyl/N-ethyl adjacent to an activating group) is 1. The second-order valence-corrected chi connectivity index (χ2v) is 18.4. The molecule has 1 N–H and O–H groups in total. The summed E-state index contributed by atoms with van der Waals surface area (Å²) in [6.07, 6.45) is 15.7. The Hall–Kier alpha value is -0.920. The van der Waals surface area contributed by atoms with Crippen LogP contribution in [-0.4, -0.2) is 63.0 Å². The van der Waals surface area contributed by atoms with Crippen molar-refractivity contribution in [3.05, 3.63) is 11.8 Å². The Balaban J connectivity index is 1.22. The fourth-order valence-corrected chi connectivity index (χ4v) is 10.7. The van der Waals surface area contributed by atoms with Crippen molar-refractivity contribution >= 4 is 14.0 Å². The third kappa shape index (κ3) is 9.37. The van der Waals surface area contributed by atoms with Crippen LogP contribution < -0.4 is 0 Å². The molecule has 4 aliphatic rings. The number of phosphoric acid groups is 1. The fraction of sp³-hybridized carbons (Fsp3) is 0.917. The number of hydrogen-bond donors (Lipinski definition) is 1. The average Bonchev–Trinajstić information content (AvgIpc) is 3.29. The maximum atomic E-state index is 12.5. The summed E-state index contributed by atoms with van der Waals surface area (Å²) in [5.41, 5.74) is 0.771. The lowest BCUT2D eigenvalue weighted by molar-refractivity contribution is -0.870. The van der Waals surface area contributed by atoms with E-state index in [1.807, 2.05) is 21.1 Å². The highest BCUT2D eigenvalue weighted by molar-refractivity contribution is 7.47. The fourth-order valence-electron chi connectivity index (χ4n) is 9.95. The van der Waals surface area contributed by atoms with Gasteiger partial charge in [0.25, 0.3) is 0 Å². The molecule has 3 saturated carbocycles. The lowest BCUT2D eigenvalue weighted by atomic mass is 9.45. The average molecular weight is 655 g/mol. The van der Waals surface area contributed by atoms with Gasteiger partial charge in [0.2, 0.25) is 0 Å². The van der Waals surface area contributed by atoms with Crippen LogP contribution in [0.1, 0.15) is 112 Å². The molecule has 0 radical (unpaired) electrons. The number of carbonyl (C=O) groups is 1. The van der Waals surface area contributed by atoms with E-state index in [2.05, 4.69) is 40.7 Å². The summed E-state index contributed by atoms with van der Waals surface area (Å²) < 4.78 is 33.6. The predicted molar refractivity (Wildman–Crippen MR) is 178 cm³/mol. The summed E-state index contributed by atoms with van der Waals surface area (Å²) in [6, 6.07) is 0. The van der Waals surface area contributed by atoms with Crippen molar-refractivity contribution in [1.82, 2.24) is 0 Å². The van der Waals surface area contributed by atoms with Crippen molar-refractivity contribution in [2.24, 2.45) is 52.3 Å². The molecule has 0 aromatic rings. The number of carbonyl (C=O) groups excluding carboxylic acids is 1. The maximum absolute atomic E-state index is 12.5. The van der Waals surface area contributed by atoms with E-state index in [1.165, 1.54) is 57.8 Å². The highest BCUT2D eigenvalue weighted by Crippen LogP contribution is 2.68. The van der Waals surface area contributed by atoms with Gasteiger partial charge in [-0.1, -0.05) is 53.9 Å². The third-order valence-electron chi connectivity index (χ3n) is 12.5. The Morgan fingerprint density at radius 1 is 0.956 bits per heavy atom. The number of fused-ring (bicyclic) bond motifs is 5. The Morgan fingerprint density at radius 3 is 2.38 bits per heavy atom. The van der Waals surface area contributed by atoms with Gasteiger partial charge in [-0.25, -0.2) is 9.36 Å². The van der Waals surface area contributed by atoms with Gasteiger partial charge >= 0.3 is 14.0 Å². The van der Waals surface area contributed by atoms with E-state index in [1.54, 1.807) is 0 Å². The molecule has 9 atom stereocenters. The van der Waals surface area contributed by atoms with Crippen molar-refractivity contribution in [2.75, 3.05) is 47.5 Å². The first kappa shape index (κ1) is 36.9. The molecule has 0 aromatic carbocycles. The lowest BCUT2D eigenvalue weighted by Crippen LogP contribution is -2.53. The second-order valence-electron chi connectivity index (χ2n) is 17.0. The van der Waals surface area contributed by atoms with Gasteiger partial charge in [-0.2, -0.15) is 0 Å². The Kier molecular flexibility index (Phi) is 12.4. The minimum atomic E-state index is -4.12. The van der Waals surface area contributed by atoms with E-state index in [9.17, 15) is 14.3 Å². The van der Waals surface area contributed by atoms with Crippen molar-refractivity contribution in [3.8, 4) is 0 Å². The van der Waals surface area contributed by atoms with E-state index in [0.717, 1.165) is 54.1 Å². The zero-order chi connectivity index (χ0) is 33.0. The van der Waals surface area contributed by atoms with Gasteiger partial charge in [-0.05, 0) is 103 Å². The van der Waals surface area contributed by atoms with Gasteiger partial charge in [0.05, 0.1) is 34.4 Å². The number of phosphoric ester groups is 1. The quantitative estimate of drug-likeness (QED) is 0.0816. The number of rotatable bonds is 15. The minimum Gasteiger partial charge on any atom is -0.434 e. The zero-order valence-corrected chi connectivity index (χ0v) is 30.6. The summed E-state index contributed by atoms with van der Waals surface area (Å²) >= 11 is 0. The summed E-state index contributed by atoms with van der Waals surface area (Å²) in [7, 11) is 1.80. The molecule has 5 unspecified atom stereocenters.